The highest BCUT2D eigenvalue weighted by Gasteiger charge is 2.25. The largest absolute Gasteiger partial charge is 0.480 e. The minimum Gasteiger partial charge on any atom is -0.480 e. The molecule has 0 saturated heterocycles. The Labute approximate surface area is 174 Å². The van der Waals surface area contributed by atoms with Crippen LogP contribution >= 0.6 is 11.8 Å². The van der Waals surface area contributed by atoms with Gasteiger partial charge in [0.2, 0.25) is 17.7 Å². The van der Waals surface area contributed by atoms with Crippen LogP contribution in [0.5, 0.6) is 0 Å². The molecule has 9 nitrogen and oxygen atoms in total. The Morgan fingerprint density at radius 2 is 1.72 bits per heavy atom. The Kier molecular flexibility index (Phi) is 10.8. The zero-order chi connectivity index (χ0) is 21.8. The maximum Gasteiger partial charge on any atom is 0.322 e. The van der Waals surface area contributed by atoms with Crippen molar-refractivity contribution in [2.24, 2.45) is 5.73 Å². The third-order valence-electron chi connectivity index (χ3n) is 4.04. The number of benzene rings is 1. The molecule has 0 aromatic heterocycles. The van der Waals surface area contributed by atoms with Crippen molar-refractivity contribution in [1.29, 1.82) is 0 Å². The van der Waals surface area contributed by atoms with E-state index in [2.05, 4.69) is 16.0 Å². The smallest absolute Gasteiger partial charge is 0.322 e. The second-order valence-electron chi connectivity index (χ2n) is 6.48. The average Bonchev–Trinajstić information content (AvgIpc) is 2.69. The summed E-state index contributed by atoms with van der Waals surface area (Å²) in [6.07, 6.45) is 2.51. The third-order valence-corrected chi connectivity index (χ3v) is 4.69. The van der Waals surface area contributed by atoms with Crippen LogP contribution in [0.4, 0.5) is 0 Å². The first-order valence-electron chi connectivity index (χ1n) is 9.13. The molecule has 6 N–H and O–H groups in total. The predicted molar refractivity (Wildman–Crippen MR) is 111 cm³/mol. The van der Waals surface area contributed by atoms with E-state index in [4.69, 9.17) is 10.8 Å². The molecule has 1 rings (SSSR count). The van der Waals surface area contributed by atoms with Crippen molar-refractivity contribution in [3.05, 3.63) is 35.9 Å². The van der Waals surface area contributed by atoms with Crippen LogP contribution in [0.2, 0.25) is 0 Å². The quantitative estimate of drug-likeness (QED) is 0.303. The molecule has 0 aliphatic carbocycles. The van der Waals surface area contributed by atoms with Gasteiger partial charge in [-0.15, -0.1) is 0 Å². The fraction of sp³-hybridized carbons (Fsp3) is 0.474. The van der Waals surface area contributed by atoms with Crippen molar-refractivity contribution in [3.8, 4) is 0 Å². The summed E-state index contributed by atoms with van der Waals surface area (Å²) in [5.74, 6) is -2.21. The maximum atomic E-state index is 12.4. The summed E-state index contributed by atoms with van der Waals surface area (Å²) < 4.78 is 0. The Balaban J connectivity index is 2.60. The van der Waals surface area contributed by atoms with Gasteiger partial charge in [-0.05, 0) is 37.3 Å². The Morgan fingerprint density at radius 3 is 2.31 bits per heavy atom. The lowest BCUT2D eigenvalue weighted by Gasteiger charge is -2.22. The van der Waals surface area contributed by atoms with Crippen LogP contribution in [0.3, 0.4) is 0 Å². The molecule has 0 spiro atoms. The van der Waals surface area contributed by atoms with E-state index in [1.165, 1.54) is 18.7 Å². The fourth-order valence-electron chi connectivity index (χ4n) is 2.43. The molecule has 0 aliphatic heterocycles. The highest BCUT2D eigenvalue weighted by atomic mass is 32.2. The highest BCUT2D eigenvalue weighted by Crippen LogP contribution is 2.04. The number of hydrogen-bond acceptors (Lipinski definition) is 6. The number of carbonyl (C=O) groups is 4. The molecule has 160 valence electrons. The van der Waals surface area contributed by atoms with Gasteiger partial charge in [0.15, 0.2) is 0 Å². The monoisotopic (exact) mass is 424 g/mol. The molecule has 0 aliphatic rings. The first-order valence-corrected chi connectivity index (χ1v) is 10.5. The first kappa shape index (κ1) is 24.4. The highest BCUT2D eigenvalue weighted by molar-refractivity contribution is 7.98. The summed E-state index contributed by atoms with van der Waals surface area (Å²) in [5.41, 5.74) is 6.82. The number of nitrogens with two attached hydrogens (primary N) is 1. The number of aliphatic carboxylic acids is 1. The third kappa shape index (κ3) is 9.44. The zero-order valence-corrected chi connectivity index (χ0v) is 17.3. The van der Waals surface area contributed by atoms with Crippen LogP contribution in [0.1, 0.15) is 18.9 Å². The van der Waals surface area contributed by atoms with Crippen molar-refractivity contribution < 1.29 is 24.3 Å². The summed E-state index contributed by atoms with van der Waals surface area (Å²) >= 11 is 1.49. The van der Waals surface area contributed by atoms with Crippen LogP contribution in [-0.4, -0.2) is 65.5 Å². The lowest BCUT2D eigenvalue weighted by Crippen LogP contribution is -2.55. The molecule has 0 saturated carbocycles. The van der Waals surface area contributed by atoms with Crippen molar-refractivity contribution in [2.45, 2.75) is 37.9 Å². The van der Waals surface area contributed by atoms with E-state index < -0.39 is 48.4 Å². The van der Waals surface area contributed by atoms with Crippen molar-refractivity contribution >= 4 is 35.5 Å². The van der Waals surface area contributed by atoms with E-state index in [1.54, 1.807) is 0 Å². The van der Waals surface area contributed by atoms with E-state index in [1.807, 2.05) is 36.6 Å². The molecule has 3 unspecified atom stereocenters. The molecule has 10 heteroatoms. The normalized spacial score (nSPS) is 13.6. The summed E-state index contributed by atoms with van der Waals surface area (Å²) in [5, 5.41) is 16.0. The molecule has 0 radical (unpaired) electrons. The van der Waals surface area contributed by atoms with Crippen LogP contribution in [0.15, 0.2) is 30.3 Å². The second kappa shape index (κ2) is 12.8. The van der Waals surface area contributed by atoms with Gasteiger partial charge in [0.25, 0.3) is 0 Å². The molecular weight excluding hydrogens is 396 g/mol. The van der Waals surface area contributed by atoms with E-state index in [0.29, 0.717) is 18.6 Å². The van der Waals surface area contributed by atoms with Gasteiger partial charge in [-0.3, -0.25) is 19.2 Å². The number of carboxylic acids is 1. The van der Waals surface area contributed by atoms with E-state index in [-0.39, 0.29) is 0 Å². The molecule has 29 heavy (non-hydrogen) atoms. The molecule has 0 heterocycles. The van der Waals surface area contributed by atoms with Gasteiger partial charge in [-0.25, -0.2) is 0 Å². The van der Waals surface area contributed by atoms with Crippen LogP contribution in [0, 0.1) is 0 Å². The summed E-state index contributed by atoms with van der Waals surface area (Å²) in [6.45, 7) is 0.953. The Bertz CT molecular complexity index is 701. The summed E-state index contributed by atoms with van der Waals surface area (Å²) in [7, 11) is 0. The maximum absolute atomic E-state index is 12.4. The summed E-state index contributed by atoms with van der Waals surface area (Å²) in [6, 6.07) is 6.64. The van der Waals surface area contributed by atoms with Gasteiger partial charge < -0.3 is 26.8 Å². The first-order chi connectivity index (χ1) is 13.7. The molecule has 0 bridgehead atoms. The molecular formula is C19H28N4O5S. The Hall–Kier alpha value is -2.59. The number of amides is 3. The number of thioether (sulfide) groups is 1. The van der Waals surface area contributed by atoms with E-state index in [9.17, 15) is 19.2 Å². The number of rotatable bonds is 12. The Morgan fingerprint density at radius 1 is 1.07 bits per heavy atom. The zero-order valence-electron chi connectivity index (χ0n) is 16.5. The van der Waals surface area contributed by atoms with Gasteiger partial charge >= 0.3 is 5.97 Å². The number of nitrogens with one attached hydrogen (secondary N) is 3. The SMILES string of the molecule is CSCCC(NC(=O)C(C)NC(=O)C(N)Cc1ccccc1)C(=O)NCC(=O)O. The van der Waals surface area contributed by atoms with Gasteiger partial charge in [0.05, 0.1) is 6.04 Å². The van der Waals surface area contributed by atoms with Gasteiger partial charge in [-0.2, -0.15) is 11.8 Å². The number of carboxylic acid groups (broad SMARTS) is 1. The molecule has 3 atom stereocenters. The van der Waals surface area contributed by atoms with Crippen molar-refractivity contribution in [2.75, 3.05) is 18.6 Å². The fourth-order valence-corrected chi connectivity index (χ4v) is 2.91. The van der Waals surface area contributed by atoms with Gasteiger partial charge in [0, 0.05) is 0 Å². The minimum absolute atomic E-state index is 0.326. The second-order valence-corrected chi connectivity index (χ2v) is 7.47. The van der Waals surface area contributed by atoms with E-state index >= 15 is 0 Å². The number of carbonyl (C=O) groups excluding carboxylic acids is 3. The minimum atomic E-state index is -1.18. The summed E-state index contributed by atoms with van der Waals surface area (Å²) in [4.78, 5) is 47.4. The predicted octanol–water partition coefficient (Wildman–Crippen LogP) is -0.500. The van der Waals surface area contributed by atoms with Gasteiger partial charge in [0.1, 0.15) is 18.6 Å². The molecule has 1 aromatic rings. The standard InChI is InChI=1S/C19H28N4O5S/c1-12(22-18(27)14(20)10-13-6-4-3-5-7-13)17(26)23-15(8-9-29-2)19(28)21-11-16(24)25/h3-7,12,14-15H,8-11,20H2,1-2H3,(H,21,28)(H,22,27)(H,23,26)(H,24,25). The topological polar surface area (TPSA) is 151 Å². The van der Waals surface area contributed by atoms with Crippen molar-refractivity contribution in [3.63, 3.8) is 0 Å². The molecule has 1 aromatic carbocycles. The van der Waals surface area contributed by atoms with Gasteiger partial charge in [-0.1, -0.05) is 30.3 Å². The molecule has 0 fully saturated rings. The lowest BCUT2D eigenvalue weighted by atomic mass is 10.1. The molecule has 3 amide bonds. The van der Waals surface area contributed by atoms with Crippen LogP contribution in [-0.2, 0) is 25.6 Å². The van der Waals surface area contributed by atoms with Crippen LogP contribution < -0.4 is 21.7 Å². The average molecular weight is 425 g/mol. The number of hydrogen-bond donors (Lipinski definition) is 5. The van der Waals surface area contributed by atoms with E-state index in [0.717, 1.165) is 5.56 Å². The van der Waals surface area contributed by atoms with Crippen LogP contribution in [0.25, 0.3) is 0 Å². The lowest BCUT2D eigenvalue weighted by molar-refractivity contribution is -0.138. The van der Waals surface area contributed by atoms with Crippen molar-refractivity contribution in [1.82, 2.24) is 16.0 Å².